The lowest BCUT2D eigenvalue weighted by Gasteiger charge is -2.08. The number of nitrogens with zero attached hydrogens (tertiary/aromatic N) is 2. The fourth-order valence-electron chi connectivity index (χ4n) is 2.12. The van der Waals surface area contributed by atoms with E-state index in [1.54, 1.807) is 24.3 Å². The van der Waals surface area contributed by atoms with Gasteiger partial charge in [0.2, 0.25) is 0 Å². The number of carbonyl (C=O) groups excluding carboxylic acids is 1. The van der Waals surface area contributed by atoms with Gasteiger partial charge in [0.25, 0.3) is 5.91 Å². The van der Waals surface area contributed by atoms with E-state index < -0.39 is 17.6 Å². The van der Waals surface area contributed by atoms with Gasteiger partial charge in [-0.15, -0.1) is 0 Å². The predicted molar refractivity (Wildman–Crippen MR) is 88.0 cm³/mol. The highest BCUT2D eigenvalue weighted by Gasteiger charge is 2.30. The molecule has 0 aliphatic rings. The van der Waals surface area contributed by atoms with Gasteiger partial charge in [-0.1, -0.05) is 11.6 Å². The minimum Gasteiger partial charge on any atom is -0.322 e. The summed E-state index contributed by atoms with van der Waals surface area (Å²) >= 11 is 5.82. The molecule has 4 nitrogen and oxygen atoms in total. The average molecular weight is 366 g/mol. The Labute approximate surface area is 145 Å². The monoisotopic (exact) mass is 365 g/mol. The highest BCUT2D eigenvalue weighted by Crippen LogP contribution is 2.29. The molecular formula is C17H11ClF3N3O. The maximum Gasteiger partial charge on any atom is 0.416 e. The molecule has 0 bridgehead atoms. The molecule has 3 aromatic rings. The van der Waals surface area contributed by atoms with Crippen molar-refractivity contribution in [3.63, 3.8) is 0 Å². The normalized spacial score (nSPS) is 11.4. The van der Waals surface area contributed by atoms with Crippen molar-refractivity contribution in [1.29, 1.82) is 0 Å². The van der Waals surface area contributed by atoms with Gasteiger partial charge in [-0.25, -0.2) is 4.68 Å². The first kappa shape index (κ1) is 17.0. The van der Waals surface area contributed by atoms with E-state index in [0.29, 0.717) is 5.02 Å². The van der Waals surface area contributed by atoms with Crippen molar-refractivity contribution in [1.82, 2.24) is 9.78 Å². The van der Waals surface area contributed by atoms with Gasteiger partial charge < -0.3 is 5.32 Å². The number of hydrogen-bond acceptors (Lipinski definition) is 2. The lowest BCUT2D eigenvalue weighted by atomic mass is 10.2. The highest BCUT2D eigenvalue weighted by molar-refractivity contribution is 6.30. The Hall–Kier alpha value is -2.80. The lowest BCUT2D eigenvalue weighted by Crippen LogP contribution is -2.11. The van der Waals surface area contributed by atoms with Gasteiger partial charge in [-0.05, 0) is 48.5 Å². The molecule has 8 heteroatoms. The number of amides is 1. The first-order chi connectivity index (χ1) is 11.8. The summed E-state index contributed by atoms with van der Waals surface area (Å²) in [5, 5.41) is 7.20. The lowest BCUT2D eigenvalue weighted by molar-refractivity contribution is -0.137. The van der Waals surface area contributed by atoms with Gasteiger partial charge in [0, 0.05) is 16.9 Å². The first-order valence-corrected chi connectivity index (χ1v) is 7.50. The minimum atomic E-state index is -4.41. The number of carbonyl (C=O) groups is 1. The Kier molecular flexibility index (Phi) is 4.50. The van der Waals surface area contributed by atoms with Gasteiger partial charge >= 0.3 is 6.18 Å². The van der Waals surface area contributed by atoms with Crippen LogP contribution in [0, 0.1) is 0 Å². The van der Waals surface area contributed by atoms with Crippen molar-refractivity contribution < 1.29 is 18.0 Å². The zero-order valence-corrected chi connectivity index (χ0v) is 13.3. The summed E-state index contributed by atoms with van der Waals surface area (Å²) in [6.07, 6.45) is -1.53. The Morgan fingerprint density at radius 2 is 1.68 bits per heavy atom. The highest BCUT2D eigenvalue weighted by atomic mass is 35.5. The molecular weight excluding hydrogens is 355 g/mol. The molecule has 0 unspecified atom stereocenters. The molecule has 1 heterocycles. The third-order valence-corrected chi connectivity index (χ3v) is 3.66. The number of anilines is 1. The van der Waals surface area contributed by atoms with Gasteiger partial charge in [0.1, 0.15) is 0 Å². The molecule has 0 radical (unpaired) electrons. The van der Waals surface area contributed by atoms with E-state index in [-0.39, 0.29) is 11.3 Å². The van der Waals surface area contributed by atoms with E-state index >= 15 is 0 Å². The van der Waals surface area contributed by atoms with Crippen LogP contribution in [0.1, 0.15) is 15.9 Å². The number of halogens is 4. The number of nitrogens with one attached hydrogen (secondary N) is 1. The van der Waals surface area contributed by atoms with E-state index in [1.165, 1.54) is 29.2 Å². The molecule has 1 aromatic heterocycles. The van der Waals surface area contributed by atoms with Crippen LogP contribution in [-0.4, -0.2) is 15.7 Å². The van der Waals surface area contributed by atoms with Crippen LogP contribution in [0.3, 0.4) is 0 Å². The quantitative estimate of drug-likeness (QED) is 0.725. The molecule has 0 aliphatic heterocycles. The smallest absolute Gasteiger partial charge is 0.322 e. The van der Waals surface area contributed by atoms with Crippen LogP contribution in [0.5, 0.6) is 0 Å². The second-order valence-electron chi connectivity index (χ2n) is 5.18. The molecule has 0 aliphatic carbocycles. The number of alkyl halides is 3. The first-order valence-electron chi connectivity index (χ1n) is 7.12. The standard InChI is InChI=1S/C17H11ClF3N3O/c18-13-3-7-15(8-4-13)24-10-11(9-22-24)16(25)23-14-5-1-12(2-6-14)17(19,20)21/h1-10H,(H,23,25). The molecule has 3 rings (SSSR count). The van der Waals surface area contributed by atoms with Crippen LogP contribution in [0.25, 0.3) is 5.69 Å². The predicted octanol–water partition coefficient (Wildman–Crippen LogP) is 4.80. The maximum atomic E-state index is 12.5. The molecule has 1 amide bonds. The zero-order chi connectivity index (χ0) is 18.0. The molecule has 0 atom stereocenters. The minimum absolute atomic E-state index is 0.261. The summed E-state index contributed by atoms with van der Waals surface area (Å²) in [4.78, 5) is 12.2. The topological polar surface area (TPSA) is 46.9 Å². The second kappa shape index (κ2) is 6.60. The largest absolute Gasteiger partial charge is 0.416 e. The van der Waals surface area contributed by atoms with Crippen molar-refractivity contribution in [3.05, 3.63) is 77.1 Å². The Bertz CT molecular complexity index is 887. The molecule has 128 valence electrons. The Morgan fingerprint density at radius 3 is 2.28 bits per heavy atom. The number of rotatable bonds is 3. The second-order valence-corrected chi connectivity index (χ2v) is 5.62. The van der Waals surface area contributed by atoms with Crippen LogP contribution in [0.15, 0.2) is 60.9 Å². The summed E-state index contributed by atoms with van der Waals surface area (Å²) < 4.78 is 39.1. The van der Waals surface area contributed by atoms with Crippen molar-refractivity contribution in [2.45, 2.75) is 6.18 Å². The van der Waals surface area contributed by atoms with Gasteiger partial charge in [-0.3, -0.25) is 4.79 Å². The van der Waals surface area contributed by atoms with E-state index in [9.17, 15) is 18.0 Å². The van der Waals surface area contributed by atoms with Crippen molar-refractivity contribution in [2.24, 2.45) is 0 Å². The van der Waals surface area contributed by atoms with E-state index in [0.717, 1.165) is 17.8 Å². The van der Waals surface area contributed by atoms with Gasteiger partial charge in [0.15, 0.2) is 0 Å². The van der Waals surface area contributed by atoms with Crippen LogP contribution in [0.4, 0.5) is 18.9 Å². The van der Waals surface area contributed by atoms with Crippen molar-refractivity contribution in [3.8, 4) is 5.69 Å². The third kappa shape index (κ3) is 4.00. The van der Waals surface area contributed by atoms with Crippen molar-refractivity contribution >= 4 is 23.2 Å². The van der Waals surface area contributed by atoms with Crippen LogP contribution >= 0.6 is 11.6 Å². The third-order valence-electron chi connectivity index (χ3n) is 3.41. The zero-order valence-electron chi connectivity index (χ0n) is 12.6. The fourth-order valence-corrected chi connectivity index (χ4v) is 2.25. The molecule has 25 heavy (non-hydrogen) atoms. The molecule has 0 spiro atoms. The van der Waals surface area contributed by atoms with E-state index in [2.05, 4.69) is 10.4 Å². The maximum absolute atomic E-state index is 12.5. The van der Waals surface area contributed by atoms with Crippen LogP contribution in [0.2, 0.25) is 5.02 Å². The number of hydrogen-bond donors (Lipinski definition) is 1. The molecule has 0 saturated carbocycles. The number of benzene rings is 2. The molecule has 2 aromatic carbocycles. The fraction of sp³-hybridized carbons (Fsp3) is 0.0588. The van der Waals surface area contributed by atoms with E-state index in [1.807, 2.05) is 0 Å². The number of aromatic nitrogens is 2. The summed E-state index contributed by atoms with van der Waals surface area (Å²) in [6, 6.07) is 11.1. The van der Waals surface area contributed by atoms with E-state index in [4.69, 9.17) is 11.6 Å². The average Bonchev–Trinajstić information content (AvgIpc) is 3.05. The summed E-state index contributed by atoms with van der Waals surface area (Å²) in [5.74, 6) is -0.472. The van der Waals surface area contributed by atoms with Crippen LogP contribution < -0.4 is 5.32 Å². The van der Waals surface area contributed by atoms with Gasteiger partial charge in [0.05, 0.1) is 23.0 Å². The molecule has 1 N–H and O–H groups in total. The van der Waals surface area contributed by atoms with Crippen molar-refractivity contribution in [2.75, 3.05) is 5.32 Å². The Morgan fingerprint density at radius 1 is 1.04 bits per heavy atom. The SMILES string of the molecule is O=C(Nc1ccc(C(F)(F)F)cc1)c1cnn(-c2ccc(Cl)cc2)c1. The summed E-state index contributed by atoms with van der Waals surface area (Å²) in [6.45, 7) is 0. The van der Waals surface area contributed by atoms with Crippen LogP contribution in [-0.2, 0) is 6.18 Å². The van der Waals surface area contributed by atoms with Gasteiger partial charge in [-0.2, -0.15) is 18.3 Å². The Balaban J connectivity index is 1.72. The summed E-state index contributed by atoms with van der Waals surface area (Å²) in [7, 11) is 0. The molecule has 0 saturated heterocycles. The molecule has 0 fully saturated rings. The summed E-state index contributed by atoms with van der Waals surface area (Å²) in [5.41, 5.74) is 0.478.